The van der Waals surface area contributed by atoms with Crippen molar-refractivity contribution in [3.63, 3.8) is 0 Å². The highest BCUT2D eigenvalue weighted by atomic mass is 16.1. The zero-order chi connectivity index (χ0) is 15.8. The number of nitrogens with two attached hydrogens (primary N) is 1. The Bertz CT molecular complexity index is 228. The maximum absolute atomic E-state index is 11.6. The summed E-state index contributed by atoms with van der Waals surface area (Å²) in [6.45, 7) is 4.25. The lowest BCUT2D eigenvalue weighted by atomic mass is 10.0. The average molecular weight is 298 g/mol. The first-order valence-electron chi connectivity index (χ1n) is 9.50. The average Bonchev–Trinajstić information content (AvgIpc) is 2.50. The van der Waals surface area contributed by atoms with Crippen LogP contribution in [-0.2, 0) is 4.79 Å². The van der Waals surface area contributed by atoms with Crippen molar-refractivity contribution < 1.29 is 4.79 Å². The first-order chi connectivity index (χ1) is 10.2. The van der Waals surface area contributed by atoms with Gasteiger partial charge in [-0.05, 0) is 12.8 Å². The Kier molecular flexibility index (Phi) is 15.7. The van der Waals surface area contributed by atoms with Crippen LogP contribution in [0.3, 0.4) is 0 Å². The van der Waals surface area contributed by atoms with E-state index in [-0.39, 0.29) is 11.8 Å². The zero-order valence-electron chi connectivity index (χ0n) is 14.7. The molecule has 2 heteroatoms. The van der Waals surface area contributed by atoms with E-state index in [1.54, 1.807) is 0 Å². The van der Waals surface area contributed by atoms with Gasteiger partial charge in [0.05, 0.1) is 6.04 Å². The molecule has 0 fully saturated rings. The van der Waals surface area contributed by atoms with Crippen LogP contribution >= 0.6 is 0 Å². The van der Waals surface area contributed by atoms with E-state index in [0.717, 1.165) is 12.8 Å². The van der Waals surface area contributed by atoms with Gasteiger partial charge in [-0.2, -0.15) is 0 Å². The number of hydrogen-bond donors (Lipinski definition) is 1. The van der Waals surface area contributed by atoms with Crippen LogP contribution in [0.15, 0.2) is 0 Å². The molecular formula is C19H39NO. The minimum Gasteiger partial charge on any atom is -0.322 e. The van der Waals surface area contributed by atoms with Gasteiger partial charge in [0.1, 0.15) is 5.78 Å². The Balaban J connectivity index is 3.11. The molecule has 0 rings (SSSR count). The summed E-state index contributed by atoms with van der Waals surface area (Å²) in [6, 6.07) is -0.220. The Morgan fingerprint density at radius 1 is 0.714 bits per heavy atom. The highest BCUT2D eigenvalue weighted by Crippen LogP contribution is 2.13. The van der Waals surface area contributed by atoms with Gasteiger partial charge in [0.15, 0.2) is 0 Å². The standard InChI is InChI=1S/C19H39NO/c1-3-5-6-7-8-9-10-11-12-13-14-15-16-17-19(21)18(20)4-2/h18H,3-17,20H2,1-2H3. The number of unbranched alkanes of at least 4 members (excludes halogenated alkanes) is 12. The van der Waals surface area contributed by atoms with E-state index < -0.39 is 0 Å². The van der Waals surface area contributed by atoms with E-state index in [1.165, 1.54) is 77.0 Å². The molecule has 2 nitrogen and oxygen atoms in total. The van der Waals surface area contributed by atoms with Gasteiger partial charge >= 0.3 is 0 Å². The number of carbonyl (C=O) groups excluding carboxylic acids is 1. The molecule has 0 bridgehead atoms. The van der Waals surface area contributed by atoms with E-state index in [2.05, 4.69) is 6.92 Å². The molecule has 21 heavy (non-hydrogen) atoms. The van der Waals surface area contributed by atoms with Gasteiger partial charge in [-0.15, -0.1) is 0 Å². The molecule has 0 saturated heterocycles. The van der Waals surface area contributed by atoms with E-state index in [9.17, 15) is 4.79 Å². The number of hydrogen-bond acceptors (Lipinski definition) is 2. The van der Waals surface area contributed by atoms with E-state index in [4.69, 9.17) is 5.73 Å². The Hall–Kier alpha value is -0.370. The fraction of sp³-hybridized carbons (Fsp3) is 0.947. The molecule has 0 spiro atoms. The van der Waals surface area contributed by atoms with Crippen molar-refractivity contribution in [3.8, 4) is 0 Å². The quantitative estimate of drug-likeness (QED) is 0.367. The van der Waals surface area contributed by atoms with Crippen molar-refractivity contribution in [3.05, 3.63) is 0 Å². The summed E-state index contributed by atoms with van der Waals surface area (Å²) in [4.78, 5) is 11.6. The van der Waals surface area contributed by atoms with Gasteiger partial charge in [-0.3, -0.25) is 4.79 Å². The van der Waals surface area contributed by atoms with Crippen LogP contribution in [0.5, 0.6) is 0 Å². The second-order valence-electron chi connectivity index (χ2n) is 6.47. The summed E-state index contributed by atoms with van der Waals surface area (Å²) in [5.41, 5.74) is 5.71. The summed E-state index contributed by atoms with van der Waals surface area (Å²) in [6.07, 6.45) is 19.0. The van der Waals surface area contributed by atoms with Crippen molar-refractivity contribution in [2.75, 3.05) is 0 Å². The van der Waals surface area contributed by atoms with Crippen molar-refractivity contribution in [1.29, 1.82) is 0 Å². The normalized spacial score (nSPS) is 12.5. The monoisotopic (exact) mass is 297 g/mol. The Morgan fingerprint density at radius 3 is 1.48 bits per heavy atom. The maximum Gasteiger partial charge on any atom is 0.149 e. The Labute approximate surface area is 133 Å². The molecule has 0 aromatic carbocycles. The molecule has 0 aromatic heterocycles. The van der Waals surface area contributed by atoms with Crippen molar-refractivity contribution in [1.82, 2.24) is 0 Å². The van der Waals surface area contributed by atoms with Crippen LogP contribution in [0.2, 0.25) is 0 Å². The van der Waals surface area contributed by atoms with Crippen LogP contribution in [0.4, 0.5) is 0 Å². The lowest BCUT2D eigenvalue weighted by molar-refractivity contribution is -0.120. The summed E-state index contributed by atoms with van der Waals surface area (Å²) >= 11 is 0. The predicted octanol–water partition coefficient (Wildman–Crippen LogP) is 5.77. The summed E-state index contributed by atoms with van der Waals surface area (Å²) in [5.74, 6) is 0.251. The molecule has 0 radical (unpaired) electrons. The maximum atomic E-state index is 11.6. The molecule has 126 valence electrons. The molecule has 0 aliphatic heterocycles. The lowest BCUT2D eigenvalue weighted by Gasteiger charge is -2.07. The third-order valence-corrected chi connectivity index (χ3v) is 4.38. The van der Waals surface area contributed by atoms with Gasteiger partial charge in [-0.1, -0.05) is 90.9 Å². The fourth-order valence-electron chi connectivity index (χ4n) is 2.73. The molecule has 2 N–H and O–H groups in total. The third-order valence-electron chi connectivity index (χ3n) is 4.38. The van der Waals surface area contributed by atoms with E-state index in [1.807, 2.05) is 6.92 Å². The Morgan fingerprint density at radius 2 is 1.10 bits per heavy atom. The molecule has 1 unspecified atom stereocenters. The number of Topliss-reactive ketones (excluding diaryl/α,β-unsaturated/α-hetero) is 1. The number of rotatable bonds is 16. The van der Waals surface area contributed by atoms with E-state index in [0.29, 0.717) is 6.42 Å². The fourth-order valence-corrected chi connectivity index (χ4v) is 2.73. The third kappa shape index (κ3) is 14.3. The largest absolute Gasteiger partial charge is 0.322 e. The summed E-state index contributed by atoms with van der Waals surface area (Å²) in [5, 5.41) is 0. The topological polar surface area (TPSA) is 43.1 Å². The summed E-state index contributed by atoms with van der Waals surface area (Å²) < 4.78 is 0. The van der Waals surface area contributed by atoms with Crippen LogP contribution in [-0.4, -0.2) is 11.8 Å². The van der Waals surface area contributed by atoms with E-state index >= 15 is 0 Å². The molecule has 0 saturated carbocycles. The first kappa shape index (κ1) is 20.6. The van der Waals surface area contributed by atoms with Crippen molar-refractivity contribution >= 4 is 5.78 Å². The second kappa shape index (κ2) is 16.0. The van der Waals surface area contributed by atoms with Gasteiger partial charge in [0.2, 0.25) is 0 Å². The van der Waals surface area contributed by atoms with Crippen LogP contribution in [0.1, 0.15) is 110 Å². The molecule has 0 amide bonds. The number of ketones is 1. The van der Waals surface area contributed by atoms with Gasteiger partial charge in [0.25, 0.3) is 0 Å². The van der Waals surface area contributed by atoms with Gasteiger partial charge in [-0.25, -0.2) is 0 Å². The van der Waals surface area contributed by atoms with Crippen molar-refractivity contribution in [2.24, 2.45) is 5.73 Å². The first-order valence-corrected chi connectivity index (χ1v) is 9.50. The molecule has 0 aromatic rings. The lowest BCUT2D eigenvalue weighted by Crippen LogP contribution is -2.29. The molecule has 0 heterocycles. The predicted molar refractivity (Wildman–Crippen MR) is 93.6 cm³/mol. The van der Waals surface area contributed by atoms with Gasteiger partial charge in [0, 0.05) is 6.42 Å². The van der Waals surface area contributed by atoms with Gasteiger partial charge < -0.3 is 5.73 Å². The SMILES string of the molecule is CCCCCCCCCCCCCCCC(=O)C(N)CC. The number of carbonyl (C=O) groups is 1. The molecule has 0 aliphatic carbocycles. The minimum atomic E-state index is -0.220. The molecular weight excluding hydrogens is 258 g/mol. The van der Waals surface area contributed by atoms with Crippen molar-refractivity contribution in [2.45, 2.75) is 116 Å². The van der Waals surface area contributed by atoms with Crippen LogP contribution in [0, 0.1) is 0 Å². The zero-order valence-corrected chi connectivity index (χ0v) is 14.7. The minimum absolute atomic E-state index is 0.220. The molecule has 0 aliphatic rings. The van der Waals surface area contributed by atoms with Crippen LogP contribution < -0.4 is 5.73 Å². The highest BCUT2D eigenvalue weighted by Gasteiger charge is 2.09. The second-order valence-corrected chi connectivity index (χ2v) is 6.47. The van der Waals surface area contributed by atoms with Crippen LogP contribution in [0.25, 0.3) is 0 Å². The highest BCUT2D eigenvalue weighted by molar-refractivity contribution is 5.83. The summed E-state index contributed by atoms with van der Waals surface area (Å²) in [7, 11) is 0. The molecule has 1 atom stereocenters. The smallest absolute Gasteiger partial charge is 0.149 e.